The lowest BCUT2D eigenvalue weighted by molar-refractivity contribution is -0.121. The largest absolute Gasteiger partial charge is 0.351 e. The molecule has 0 spiro atoms. The second-order valence-electron chi connectivity index (χ2n) is 5.29. The normalized spacial score (nSPS) is 11.5. The molecule has 0 unspecified atom stereocenters. The molecule has 5 nitrogen and oxygen atoms in total. The number of nitrogens with one attached hydrogen (secondary N) is 1. The zero-order valence-corrected chi connectivity index (χ0v) is 14.4. The third-order valence-electron chi connectivity index (χ3n) is 3.51. The molecule has 2 rings (SSSR count). The molecule has 0 saturated heterocycles. The Hall–Kier alpha value is -2.32. The average Bonchev–Trinajstić information content (AvgIpc) is 2.59. The van der Waals surface area contributed by atoms with Crippen molar-refractivity contribution >= 4 is 15.9 Å². The van der Waals surface area contributed by atoms with Gasteiger partial charge >= 0.3 is 0 Å². The summed E-state index contributed by atoms with van der Waals surface area (Å²) >= 11 is 0. The van der Waals surface area contributed by atoms with E-state index in [2.05, 4.69) is 5.32 Å². The summed E-state index contributed by atoms with van der Waals surface area (Å²) < 4.78 is 52.1. The maximum atomic E-state index is 13.3. The summed E-state index contributed by atoms with van der Waals surface area (Å²) in [6, 6.07) is 10.2. The van der Waals surface area contributed by atoms with Gasteiger partial charge in [-0.2, -0.15) is 4.31 Å². The predicted molar refractivity (Wildman–Crippen MR) is 89.1 cm³/mol. The average molecular weight is 368 g/mol. The molecule has 2 aromatic carbocycles. The SMILES string of the molecule is CCN(CC(=O)NCc1ccc(F)cc1)S(=O)(=O)c1cccc(F)c1. The molecular formula is C17H18F2N2O3S. The molecule has 0 aliphatic carbocycles. The highest BCUT2D eigenvalue weighted by atomic mass is 32.2. The van der Waals surface area contributed by atoms with E-state index in [9.17, 15) is 22.0 Å². The van der Waals surface area contributed by atoms with Crippen molar-refractivity contribution in [2.24, 2.45) is 0 Å². The molecule has 0 bridgehead atoms. The number of rotatable bonds is 7. The van der Waals surface area contributed by atoms with Crippen LogP contribution in [0.3, 0.4) is 0 Å². The molecule has 0 atom stereocenters. The molecular weight excluding hydrogens is 350 g/mol. The molecule has 2 aromatic rings. The molecule has 0 heterocycles. The van der Waals surface area contributed by atoms with E-state index in [1.807, 2.05) is 0 Å². The standard InChI is InChI=1S/C17H18F2N2O3S/c1-2-21(25(23,24)16-5-3-4-15(19)10-16)12-17(22)20-11-13-6-8-14(18)9-7-13/h3-10H,2,11-12H2,1H3,(H,20,22). The van der Waals surface area contributed by atoms with Gasteiger partial charge in [0, 0.05) is 13.1 Å². The number of halogens is 2. The second-order valence-corrected chi connectivity index (χ2v) is 7.23. The van der Waals surface area contributed by atoms with Crippen molar-refractivity contribution < 1.29 is 22.0 Å². The van der Waals surface area contributed by atoms with Crippen LogP contribution in [0.1, 0.15) is 12.5 Å². The van der Waals surface area contributed by atoms with Crippen LogP contribution in [0.5, 0.6) is 0 Å². The Kier molecular flexibility index (Phi) is 6.22. The minimum atomic E-state index is -3.97. The summed E-state index contributed by atoms with van der Waals surface area (Å²) in [4.78, 5) is 11.8. The first-order chi connectivity index (χ1) is 11.8. The molecule has 1 N–H and O–H groups in total. The third-order valence-corrected chi connectivity index (χ3v) is 5.43. The number of carbonyl (C=O) groups is 1. The lowest BCUT2D eigenvalue weighted by Gasteiger charge is -2.20. The van der Waals surface area contributed by atoms with Crippen LogP contribution in [0, 0.1) is 11.6 Å². The molecule has 0 aromatic heterocycles. The van der Waals surface area contributed by atoms with Crippen molar-refractivity contribution in [2.75, 3.05) is 13.1 Å². The minimum Gasteiger partial charge on any atom is -0.351 e. The number of amides is 1. The van der Waals surface area contributed by atoms with Crippen molar-refractivity contribution in [2.45, 2.75) is 18.4 Å². The number of hydrogen-bond acceptors (Lipinski definition) is 3. The first kappa shape index (κ1) is 19.0. The Morgan fingerprint density at radius 1 is 1.08 bits per heavy atom. The number of sulfonamides is 1. The van der Waals surface area contributed by atoms with Crippen LogP contribution in [0.15, 0.2) is 53.4 Å². The van der Waals surface area contributed by atoms with E-state index in [4.69, 9.17) is 0 Å². The van der Waals surface area contributed by atoms with Gasteiger partial charge in [-0.05, 0) is 35.9 Å². The van der Waals surface area contributed by atoms with Crippen molar-refractivity contribution in [1.82, 2.24) is 9.62 Å². The molecule has 1 amide bonds. The predicted octanol–water partition coefficient (Wildman–Crippen LogP) is 2.29. The molecule has 0 saturated carbocycles. The molecule has 8 heteroatoms. The van der Waals surface area contributed by atoms with Crippen molar-refractivity contribution in [3.05, 3.63) is 65.7 Å². The van der Waals surface area contributed by atoms with Gasteiger partial charge in [-0.1, -0.05) is 25.1 Å². The molecule has 25 heavy (non-hydrogen) atoms. The van der Waals surface area contributed by atoms with Crippen LogP contribution in [0.25, 0.3) is 0 Å². The molecule has 0 aliphatic rings. The summed E-state index contributed by atoms with van der Waals surface area (Å²) in [7, 11) is -3.97. The Balaban J connectivity index is 2.02. The molecule has 0 aliphatic heterocycles. The van der Waals surface area contributed by atoms with E-state index >= 15 is 0 Å². The van der Waals surface area contributed by atoms with Crippen molar-refractivity contribution in [1.29, 1.82) is 0 Å². The Labute approximate surface area is 145 Å². The fourth-order valence-corrected chi connectivity index (χ4v) is 3.60. The quantitative estimate of drug-likeness (QED) is 0.815. The zero-order valence-electron chi connectivity index (χ0n) is 13.6. The maximum absolute atomic E-state index is 13.3. The van der Waals surface area contributed by atoms with E-state index < -0.39 is 28.3 Å². The summed E-state index contributed by atoms with van der Waals surface area (Å²) in [5.74, 6) is -1.56. The lowest BCUT2D eigenvalue weighted by Crippen LogP contribution is -2.40. The molecule has 0 radical (unpaired) electrons. The van der Waals surface area contributed by atoms with Crippen LogP contribution < -0.4 is 5.32 Å². The van der Waals surface area contributed by atoms with Gasteiger partial charge in [-0.25, -0.2) is 17.2 Å². The minimum absolute atomic E-state index is 0.0583. The van der Waals surface area contributed by atoms with E-state index in [1.54, 1.807) is 6.92 Å². The topological polar surface area (TPSA) is 66.5 Å². The van der Waals surface area contributed by atoms with Crippen LogP contribution in [0.2, 0.25) is 0 Å². The van der Waals surface area contributed by atoms with Crippen LogP contribution in [-0.2, 0) is 21.4 Å². The van der Waals surface area contributed by atoms with E-state index in [1.165, 1.54) is 36.4 Å². The van der Waals surface area contributed by atoms with Gasteiger partial charge in [0.1, 0.15) is 11.6 Å². The Bertz CT molecular complexity index is 839. The van der Waals surface area contributed by atoms with Crippen molar-refractivity contribution in [3.63, 3.8) is 0 Å². The summed E-state index contributed by atoms with van der Waals surface area (Å²) in [6.45, 7) is 1.40. The monoisotopic (exact) mass is 368 g/mol. The highest BCUT2D eigenvalue weighted by molar-refractivity contribution is 7.89. The summed E-state index contributed by atoms with van der Waals surface area (Å²) in [5, 5.41) is 2.58. The number of hydrogen-bond donors (Lipinski definition) is 1. The van der Waals surface area contributed by atoms with Gasteiger partial charge < -0.3 is 5.32 Å². The van der Waals surface area contributed by atoms with Gasteiger partial charge in [0.05, 0.1) is 11.4 Å². The zero-order chi connectivity index (χ0) is 18.4. The number of benzene rings is 2. The van der Waals surface area contributed by atoms with E-state index in [0.29, 0.717) is 5.56 Å². The maximum Gasteiger partial charge on any atom is 0.243 e. The smallest absolute Gasteiger partial charge is 0.243 e. The van der Waals surface area contributed by atoms with Gasteiger partial charge in [0.15, 0.2) is 0 Å². The second kappa shape index (κ2) is 8.17. The highest BCUT2D eigenvalue weighted by Crippen LogP contribution is 2.16. The van der Waals surface area contributed by atoms with Gasteiger partial charge in [-0.15, -0.1) is 0 Å². The van der Waals surface area contributed by atoms with Crippen LogP contribution >= 0.6 is 0 Å². The Morgan fingerprint density at radius 2 is 1.76 bits per heavy atom. The van der Waals surface area contributed by atoms with Gasteiger partial charge in [0.25, 0.3) is 0 Å². The Morgan fingerprint density at radius 3 is 2.36 bits per heavy atom. The number of nitrogens with zero attached hydrogens (tertiary/aromatic N) is 1. The highest BCUT2D eigenvalue weighted by Gasteiger charge is 2.25. The number of carbonyl (C=O) groups excluding carboxylic acids is 1. The lowest BCUT2D eigenvalue weighted by atomic mass is 10.2. The first-order valence-corrected chi connectivity index (χ1v) is 9.04. The fraction of sp³-hybridized carbons (Fsp3) is 0.235. The van der Waals surface area contributed by atoms with Gasteiger partial charge in [0.2, 0.25) is 15.9 Å². The summed E-state index contributed by atoms with van der Waals surface area (Å²) in [6.07, 6.45) is 0. The molecule has 0 fully saturated rings. The van der Waals surface area contributed by atoms with Crippen molar-refractivity contribution in [3.8, 4) is 0 Å². The number of likely N-dealkylation sites (N-methyl/N-ethyl adjacent to an activating group) is 1. The van der Waals surface area contributed by atoms with E-state index in [0.717, 1.165) is 16.4 Å². The summed E-state index contributed by atoms with van der Waals surface area (Å²) in [5.41, 5.74) is 0.686. The third kappa shape index (κ3) is 5.07. The first-order valence-electron chi connectivity index (χ1n) is 7.60. The van der Waals surface area contributed by atoms with Gasteiger partial charge in [-0.3, -0.25) is 4.79 Å². The fourth-order valence-electron chi connectivity index (χ4n) is 2.16. The van der Waals surface area contributed by atoms with E-state index in [-0.39, 0.29) is 23.8 Å². The van der Waals surface area contributed by atoms with Crippen LogP contribution in [0.4, 0.5) is 8.78 Å². The molecule has 134 valence electrons. The van der Waals surface area contributed by atoms with Crippen LogP contribution in [-0.4, -0.2) is 31.7 Å².